The first kappa shape index (κ1) is 12.6. The molecule has 0 spiro atoms. The average Bonchev–Trinajstić information content (AvgIpc) is 2.53. The average molecular weight is 252 g/mol. The van der Waals surface area contributed by atoms with Crippen LogP contribution in [0.4, 0.5) is 0 Å². The monoisotopic (exact) mass is 252 g/mol. The minimum absolute atomic E-state index is 0.126. The molecule has 17 heavy (non-hydrogen) atoms. The summed E-state index contributed by atoms with van der Waals surface area (Å²) in [7, 11) is 0. The fourth-order valence-corrected chi connectivity index (χ4v) is 3.26. The molecule has 0 aliphatic heterocycles. The van der Waals surface area contributed by atoms with Crippen LogP contribution >= 0.6 is 11.3 Å². The molecule has 3 nitrogen and oxygen atoms in total. The van der Waals surface area contributed by atoms with Crippen molar-refractivity contribution in [1.29, 1.82) is 0 Å². The van der Waals surface area contributed by atoms with Crippen molar-refractivity contribution < 1.29 is 4.79 Å². The zero-order valence-electron chi connectivity index (χ0n) is 11.0. The van der Waals surface area contributed by atoms with E-state index in [1.807, 2.05) is 27.7 Å². The number of amides is 1. The molecule has 0 fully saturated rings. The van der Waals surface area contributed by atoms with E-state index < -0.39 is 0 Å². The van der Waals surface area contributed by atoms with Crippen LogP contribution in [0.5, 0.6) is 0 Å². The number of nitrogens with one attached hydrogen (secondary N) is 1. The second-order valence-electron chi connectivity index (χ2n) is 5.78. The summed E-state index contributed by atoms with van der Waals surface area (Å²) in [5, 5.41) is 4.19. The van der Waals surface area contributed by atoms with Crippen molar-refractivity contribution in [1.82, 2.24) is 10.3 Å². The predicted molar refractivity (Wildman–Crippen MR) is 70.3 cm³/mol. The molecule has 94 valence electrons. The van der Waals surface area contributed by atoms with Crippen molar-refractivity contribution >= 4 is 17.2 Å². The van der Waals surface area contributed by atoms with Gasteiger partial charge in [-0.2, -0.15) is 0 Å². The van der Waals surface area contributed by atoms with E-state index in [1.54, 1.807) is 11.3 Å². The van der Waals surface area contributed by atoms with E-state index in [-0.39, 0.29) is 17.4 Å². The quantitative estimate of drug-likeness (QED) is 0.834. The Bertz CT molecular complexity index is 431. The van der Waals surface area contributed by atoms with Gasteiger partial charge < -0.3 is 5.32 Å². The van der Waals surface area contributed by atoms with E-state index in [0.29, 0.717) is 0 Å². The SMILES string of the molecule is Cc1nc2c(s1)CC(C(=O)NC(C)(C)C)CC2. The Balaban J connectivity index is 2.05. The van der Waals surface area contributed by atoms with Crippen LogP contribution in [0, 0.1) is 12.8 Å². The van der Waals surface area contributed by atoms with Gasteiger partial charge >= 0.3 is 0 Å². The highest BCUT2D eigenvalue weighted by molar-refractivity contribution is 7.11. The molecule has 1 aliphatic rings. The van der Waals surface area contributed by atoms with Gasteiger partial charge in [0.25, 0.3) is 0 Å². The van der Waals surface area contributed by atoms with E-state index in [2.05, 4.69) is 10.3 Å². The van der Waals surface area contributed by atoms with Crippen molar-refractivity contribution in [2.75, 3.05) is 0 Å². The number of carbonyl (C=O) groups excluding carboxylic acids is 1. The summed E-state index contributed by atoms with van der Waals surface area (Å²) in [6.07, 6.45) is 2.74. The van der Waals surface area contributed by atoms with Crippen LogP contribution in [0.2, 0.25) is 0 Å². The number of nitrogens with zero attached hydrogens (tertiary/aromatic N) is 1. The summed E-state index contributed by atoms with van der Waals surface area (Å²) in [5.41, 5.74) is 1.08. The highest BCUT2D eigenvalue weighted by atomic mass is 32.1. The first-order chi connectivity index (χ1) is 7.85. The van der Waals surface area contributed by atoms with Crippen LogP contribution in [0.3, 0.4) is 0 Å². The van der Waals surface area contributed by atoms with Gasteiger partial charge in [-0.05, 0) is 47.0 Å². The molecule has 1 aliphatic carbocycles. The van der Waals surface area contributed by atoms with E-state index in [9.17, 15) is 4.79 Å². The molecule has 0 saturated carbocycles. The Kier molecular flexibility index (Phi) is 3.25. The Labute approximate surface area is 107 Å². The summed E-state index contributed by atoms with van der Waals surface area (Å²) >= 11 is 1.74. The van der Waals surface area contributed by atoms with Gasteiger partial charge in [0.1, 0.15) is 0 Å². The number of aryl methyl sites for hydroxylation is 2. The standard InChI is InChI=1S/C13H20N2OS/c1-8-14-10-6-5-9(7-11(10)17-8)12(16)15-13(2,3)4/h9H,5-7H2,1-4H3,(H,15,16). The van der Waals surface area contributed by atoms with Crippen molar-refractivity contribution in [3.63, 3.8) is 0 Å². The summed E-state index contributed by atoms with van der Waals surface area (Å²) in [6.45, 7) is 8.11. The molecule has 1 amide bonds. The van der Waals surface area contributed by atoms with Gasteiger partial charge in [0, 0.05) is 16.3 Å². The third-order valence-electron chi connectivity index (χ3n) is 2.92. The van der Waals surface area contributed by atoms with E-state index >= 15 is 0 Å². The highest BCUT2D eigenvalue weighted by Gasteiger charge is 2.28. The van der Waals surface area contributed by atoms with Crippen LogP contribution in [-0.2, 0) is 17.6 Å². The number of aromatic nitrogens is 1. The third kappa shape index (κ3) is 3.06. The Morgan fingerprint density at radius 1 is 1.47 bits per heavy atom. The van der Waals surface area contributed by atoms with Crippen molar-refractivity contribution in [3.05, 3.63) is 15.6 Å². The van der Waals surface area contributed by atoms with E-state index in [4.69, 9.17) is 0 Å². The number of carbonyl (C=O) groups is 1. The summed E-state index contributed by atoms with van der Waals surface area (Å²) < 4.78 is 0. The highest BCUT2D eigenvalue weighted by Crippen LogP contribution is 2.30. The van der Waals surface area contributed by atoms with Crippen LogP contribution in [0.1, 0.15) is 42.8 Å². The van der Waals surface area contributed by atoms with Crippen LogP contribution < -0.4 is 5.32 Å². The van der Waals surface area contributed by atoms with Gasteiger partial charge in [0.2, 0.25) is 5.91 Å². The zero-order valence-corrected chi connectivity index (χ0v) is 11.8. The number of hydrogen-bond acceptors (Lipinski definition) is 3. The zero-order chi connectivity index (χ0) is 12.6. The van der Waals surface area contributed by atoms with Gasteiger partial charge in [-0.15, -0.1) is 11.3 Å². The molecule has 1 atom stereocenters. The normalized spacial score (nSPS) is 19.9. The molecule has 1 aromatic rings. The van der Waals surface area contributed by atoms with Crippen molar-refractivity contribution in [3.8, 4) is 0 Å². The first-order valence-corrected chi connectivity index (χ1v) is 6.94. The lowest BCUT2D eigenvalue weighted by Gasteiger charge is -2.26. The summed E-state index contributed by atoms with van der Waals surface area (Å²) in [6, 6.07) is 0. The molecule has 0 aromatic carbocycles. The first-order valence-electron chi connectivity index (χ1n) is 6.12. The van der Waals surface area contributed by atoms with Gasteiger partial charge in [-0.1, -0.05) is 0 Å². The summed E-state index contributed by atoms with van der Waals surface area (Å²) in [5.74, 6) is 0.316. The van der Waals surface area contributed by atoms with E-state index in [1.165, 1.54) is 10.6 Å². The Morgan fingerprint density at radius 3 is 2.82 bits per heavy atom. The minimum atomic E-state index is -0.138. The van der Waals surface area contributed by atoms with Crippen molar-refractivity contribution in [2.24, 2.45) is 5.92 Å². The maximum Gasteiger partial charge on any atom is 0.223 e. The molecular formula is C13H20N2OS. The maximum atomic E-state index is 12.1. The molecular weight excluding hydrogens is 232 g/mol. The molecule has 1 heterocycles. The fraction of sp³-hybridized carbons (Fsp3) is 0.692. The lowest BCUT2D eigenvalue weighted by Crippen LogP contribution is -2.45. The lowest BCUT2D eigenvalue weighted by atomic mass is 9.89. The van der Waals surface area contributed by atoms with Gasteiger partial charge in [0.15, 0.2) is 0 Å². The molecule has 0 radical (unpaired) electrons. The van der Waals surface area contributed by atoms with Gasteiger partial charge in [0.05, 0.1) is 10.7 Å². The van der Waals surface area contributed by atoms with Crippen LogP contribution in [0.25, 0.3) is 0 Å². The second-order valence-corrected chi connectivity index (χ2v) is 7.07. The van der Waals surface area contributed by atoms with E-state index in [0.717, 1.165) is 24.3 Å². The number of thiazole rings is 1. The van der Waals surface area contributed by atoms with Crippen LogP contribution in [0.15, 0.2) is 0 Å². The smallest absolute Gasteiger partial charge is 0.223 e. The Hall–Kier alpha value is -0.900. The topological polar surface area (TPSA) is 42.0 Å². The largest absolute Gasteiger partial charge is 0.351 e. The number of fused-ring (bicyclic) bond motifs is 1. The minimum Gasteiger partial charge on any atom is -0.351 e. The van der Waals surface area contributed by atoms with Gasteiger partial charge in [-0.3, -0.25) is 4.79 Å². The maximum absolute atomic E-state index is 12.1. The predicted octanol–water partition coefficient (Wildman–Crippen LogP) is 2.47. The van der Waals surface area contributed by atoms with Gasteiger partial charge in [-0.25, -0.2) is 4.98 Å². The second kappa shape index (κ2) is 4.41. The molecule has 1 N–H and O–H groups in total. The molecule has 1 unspecified atom stereocenters. The summed E-state index contributed by atoms with van der Waals surface area (Å²) in [4.78, 5) is 17.9. The molecule has 4 heteroatoms. The van der Waals surface area contributed by atoms with Crippen molar-refractivity contribution in [2.45, 2.75) is 52.5 Å². The molecule has 0 saturated heterocycles. The molecule has 0 bridgehead atoms. The molecule has 1 aromatic heterocycles. The fourth-order valence-electron chi connectivity index (χ4n) is 2.20. The third-order valence-corrected chi connectivity index (χ3v) is 3.95. The molecule has 2 rings (SSSR count). The lowest BCUT2D eigenvalue weighted by molar-refractivity contribution is -0.126. The Morgan fingerprint density at radius 2 is 2.18 bits per heavy atom. The number of rotatable bonds is 1. The van der Waals surface area contributed by atoms with Crippen LogP contribution in [-0.4, -0.2) is 16.4 Å². The number of hydrogen-bond donors (Lipinski definition) is 1.